The lowest BCUT2D eigenvalue weighted by Gasteiger charge is -2.12. The van der Waals surface area contributed by atoms with E-state index in [0.29, 0.717) is 23.2 Å². The lowest BCUT2D eigenvalue weighted by atomic mass is 10.1. The predicted molar refractivity (Wildman–Crippen MR) is 83.4 cm³/mol. The van der Waals surface area contributed by atoms with Gasteiger partial charge in [-0.3, -0.25) is 4.79 Å². The smallest absolute Gasteiger partial charge is 0.231 e. The number of benzene rings is 1. The molecule has 2 aromatic rings. The second kappa shape index (κ2) is 5.21. The third-order valence-electron chi connectivity index (χ3n) is 3.39. The largest absolute Gasteiger partial charge is 0.357 e. The molecule has 0 radical (unpaired) electrons. The SMILES string of the molecule is CNc1ncc(Cl)c(Nc2ccc3c(c2)CC(=O)N3C)n1. The van der Waals surface area contributed by atoms with Crippen LogP contribution in [0.2, 0.25) is 5.02 Å². The number of likely N-dealkylation sites (N-methyl/N-ethyl adjacent to an activating group) is 1. The molecule has 0 unspecified atom stereocenters. The Morgan fingerprint density at radius 1 is 1.38 bits per heavy atom. The van der Waals surface area contributed by atoms with Gasteiger partial charge in [-0.25, -0.2) is 4.98 Å². The third-order valence-corrected chi connectivity index (χ3v) is 3.66. The molecule has 1 aliphatic heterocycles. The number of carbonyl (C=O) groups is 1. The van der Waals surface area contributed by atoms with Crippen LogP contribution in [0.5, 0.6) is 0 Å². The second-order valence-electron chi connectivity index (χ2n) is 4.74. The molecule has 2 heterocycles. The van der Waals surface area contributed by atoms with Crippen molar-refractivity contribution in [2.24, 2.45) is 0 Å². The standard InChI is InChI=1S/C14H14ClN5O/c1-16-14-17-7-10(15)13(19-14)18-9-3-4-11-8(5-9)6-12(21)20(11)2/h3-5,7H,6H2,1-2H3,(H2,16,17,18,19). The predicted octanol–water partition coefficient (Wildman–Crippen LogP) is 2.43. The van der Waals surface area contributed by atoms with Gasteiger partial charge in [0.15, 0.2) is 5.82 Å². The molecule has 1 aromatic carbocycles. The van der Waals surface area contributed by atoms with E-state index in [1.807, 2.05) is 18.2 Å². The third kappa shape index (κ3) is 2.50. The van der Waals surface area contributed by atoms with E-state index in [2.05, 4.69) is 20.6 Å². The highest BCUT2D eigenvalue weighted by molar-refractivity contribution is 6.32. The van der Waals surface area contributed by atoms with Crippen molar-refractivity contribution >= 4 is 40.6 Å². The number of halogens is 1. The summed E-state index contributed by atoms with van der Waals surface area (Å²) >= 11 is 6.09. The van der Waals surface area contributed by atoms with E-state index >= 15 is 0 Å². The maximum atomic E-state index is 11.7. The summed E-state index contributed by atoms with van der Waals surface area (Å²) in [4.78, 5) is 21.7. The Bertz CT molecular complexity index is 719. The van der Waals surface area contributed by atoms with Gasteiger partial charge in [0, 0.05) is 25.5 Å². The minimum absolute atomic E-state index is 0.0969. The van der Waals surface area contributed by atoms with E-state index in [9.17, 15) is 4.79 Å². The average Bonchev–Trinajstić information content (AvgIpc) is 2.76. The normalized spacial score (nSPS) is 13.3. The molecule has 0 aliphatic carbocycles. The van der Waals surface area contributed by atoms with Crippen molar-refractivity contribution in [2.75, 3.05) is 29.6 Å². The second-order valence-corrected chi connectivity index (χ2v) is 5.15. The van der Waals surface area contributed by atoms with Crippen molar-refractivity contribution in [3.8, 4) is 0 Å². The van der Waals surface area contributed by atoms with Gasteiger partial charge in [-0.2, -0.15) is 4.98 Å². The van der Waals surface area contributed by atoms with Crippen LogP contribution in [0.25, 0.3) is 0 Å². The Morgan fingerprint density at radius 2 is 2.19 bits per heavy atom. The number of nitrogens with one attached hydrogen (secondary N) is 2. The fourth-order valence-corrected chi connectivity index (χ4v) is 2.40. The van der Waals surface area contributed by atoms with Crippen LogP contribution in [0.4, 0.5) is 23.1 Å². The molecule has 0 fully saturated rings. The highest BCUT2D eigenvalue weighted by Crippen LogP contribution is 2.32. The van der Waals surface area contributed by atoms with Gasteiger partial charge in [0.25, 0.3) is 0 Å². The van der Waals surface area contributed by atoms with E-state index in [1.165, 1.54) is 6.20 Å². The number of aromatic nitrogens is 2. The first-order valence-electron chi connectivity index (χ1n) is 6.45. The summed E-state index contributed by atoms with van der Waals surface area (Å²) in [6, 6.07) is 5.75. The van der Waals surface area contributed by atoms with E-state index < -0.39 is 0 Å². The lowest BCUT2D eigenvalue weighted by Crippen LogP contribution is -2.20. The molecular weight excluding hydrogens is 290 g/mol. The number of nitrogens with zero attached hydrogens (tertiary/aromatic N) is 3. The van der Waals surface area contributed by atoms with Crippen LogP contribution < -0.4 is 15.5 Å². The zero-order chi connectivity index (χ0) is 15.0. The molecule has 1 amide bonds. The molecule has 108 valence electrons. The van der Waals surface area contributed by atoms with Crippen LogP contribution in [-0.4, -0.2) is 30.0 Å². The van der Waals surface area contributed by atoms with Crippen LogP contribution in [0, 0.1) is 0 Å². The lowest BCUT2D eigenvalue weighted by molar-refractivity contribution is -0.117. The molecule has 0 spiro atoms. The molecule has 0 saturated carbocycles. The molecule has 2 N–H and O–H groups in total. The number of rotatable bonds is 3. The highest BCUT2D eigenvalue weighted by atomic mass is 35.5. The monoisotopic (exact) mass is 303 g/mol. The molecule has 0 saturated heterocycles. The molecule has 3 rings (SSSR count). The number of carbonyl (C=O) groups excluding carboxylic acids is 1. The van der Waals surface area contributed by atoms with Gasteiger partial charge in [0.1, 0.15) is 5.02 Å². The number of fused-ring (bicyclic) bond motifs is 1. The minimum Gasteiger partial charge on any atom is -0.357 e. The van der Waals surface area contributed by atoms with Gasteiger partial charge in [0.2, 0.25) is 11.9 Å². The first kappa shape index (κ1) is 13.6. The Morgan fingerprint density at radius 3 is 2.95 bits per heavy atom. The molecule has 0 atom stereocenters. The van der Waals surface area contributed by atoms with Crippen molar-refractivity contribution in [3.63, 3.8) is 0 Å². The maximum Gasteiger partial charge on any atom is 0.231 e. The topological polar surface area (TPSA) is 70.2 Å². The van der Waals surface area contributed by atoms with Gasteiger partial charge in [-0.05, 0) is 23.8 Å². The molecule has 21 heavy (non-hydrogen) atoms. The molecule has 0 bridgehead atoms. The molecule has 1 aromatic heterocycles. The van der Waals surface area contributed by atoms with E-state index in [1.54, 1.807) is 19.0 Å². The van der Waals surface area contributed by atoms with Crippen molar-refractivity contribution in [2.45, 2.75) is 6.42 Å². The number of amides is 1. The zero-order valence-electron chi connectivity index (χ0n) is 11.6. The van der Waals surface area contributed by atoms with E-state index in [-0.39, 0.29) is 5.91 Å². The van der Waals surface area contributed by atoms with Crippen LogP contribution in [0.1, 0.15) is 5.56 Å². The van der Waals surface area contributed by atoms with Gasteiger partial charge < -0.3 is 15.5 Å². The fourth-order valence-electron chi connectivity index (χ4n) is 2.26. The Hall–Kier alpha value is -2.34. The zero-order valence-corrected chi connectivity index (χ0v) is 12.4. The quantitative estimate of drug-likeness (QED) is 0.911. The van der Waals surface area contributed by atoms with Gasteiger partial charge in [-0.1, -0.05) is 11.6 Å². The van der Waals surface area contributed by atoms with Gasteiger partial charge in [0.05, 0.1) is 12.6 Å². The Labute approximate surface area is 127 Å². The van der Waals surface area contributed by atoms with E-state index in [4.69, 9.17) is 11.6 Å². The van der Waals surface area contributed by atoms with Crippen molar-refractivity contribution in [1.82, 2.24) is 9.97 Å². The summed E-state index contributed by atoms with van der Waals surface area (Å²) in [6.45, 7) is 0. The molecule has 6 nitrogen and oxygen atoms in total. The van der Waals surface area contributed by atoms with Crippen LogP contribution in [-0.2, 0) is 11.2 Å². The maximum absolute atomic E-state index is 11.7. The average molecular weight is 304 g/mol. The fraction of sp³-hybridized carbons (Fsp3) is 0.214. The van der Waals surface area contributed by atoms with Crippen LogP contribution in [0.3, 0.4) is 0 Å². The van der Waals surface area contributed by atoms with Crippen molar-refractivity contribution < 1.29 is 4.79 Å². The van der Waals surface area contributed by atoms with Crippen LogP contribution in [0.15, 0.2) is 24.4 Å². The molecule has 1 aliphatic rings. The first-order valence-corrected chi connectivity index (χ1v) is 6.83. The summed E-state index contributed by atoms with van der Waals surface area (Å²) in [5.41, 5.74) is 2.77. The Balaban J connectivity index is 1.90. The van der Waals surface area contributed by atoms with Crippen molar-refractivity contribution in [3.05, 3.63) is 35.0 Å². The summed E-state index contributed by atoms with van der Waals surface area (Å²) in [5, 5.41) is 6.45. The van der Waals surface area contributed by atoms with Crippen molar-refractivity contribution in [1.29, 1.82) is 0 Å². The summed E-state index contributed by atoms with van der Waals surface area (Å²) in [7, 11) is 3.52. The summed E-state index contributed by atoms with van der Waals surface area (Å²) < 4.78 is 0. The summed E-state index contributed by atoms with van der Waals surface area (Å²) in [5.74, 6) is 1.10. The molecular formula is C14H14ClN5O. The number of hydrogen-bond acceptors (Lipinski definition) is 5. The summed E-state index contributed by atoms with van der Waals surface area (Å²) in [6.07, 6.45) is 1.95. The minimum atomic E-state index is 0.0969. The van der Waals surface area contributed by atoms with E-state index in [0.717, 1.165) is 16.9 Å². The van der Waals surface area contributed by atoms with Gasteiger partial charge >= 0.3 is 0 Å². The first-order chi connectivity index (χ1) is 10.1. The Kier molecular flexibility index (Phi) is 3.39. The van der Waals surface area contributed by atoms with Gasteiger partial charge in [-0.15, -0.1) is 0 Å². The highest BCUT2D eigenvalue weighted by Gasteiger charge is 2.23. The molecule has 7 heteroatoms. The van der Waals surface area contributed by atoms with Crippen LogP contribution >= 0.6 is 11.6 Å². The number of hydrogen-bond donors (Lipinski definition) is 2. The number of anilines is 4.